The van der Waals surface area contributed by atoms with Crippen LogP contribution in [0.3, 0.4) is 0 Å². The summed E-state index contributed by atoms with van der Waals surface area (Å²) in [5, 5.41) is 0. The van der Waals surface area contributed by atoms with Crippen molar-refractivity contribution in [2.45, 2.75) is 26.7 Å². The first kappa shape index (κ1) is 10.0. The summed E-state index contributed by atoms with van der Waals surface area (Å²) in [6.45, 7) is 8.06. The summed E-state index contributed by atoms with van der Waals surface area (Å²) in [5.74, 6) is 0.793. The number of rotatable bonds is 2. The van der Waals surface area contributed by atoms with Crippen molar-refractivity contribution in [3.8, 4) is 0 Å². The van der Waals surface area contributed by atoms with Gasteiger partial charge in [-0.1, -0.05) is 13.8 Å². The summed E-state index contributed by atoms with van der Waals surface area (Å²) in [7, 11) is 2.21. The van der Waals surface area contributed by atoms with E-state index in [4.69, 9.17) is 5.73 Å². The summed E-state index contributed by atoms with van der Waals surface area (Å²) in [4.78, 5) is 2.42. The molecule has 2 nitrogen and oxygen atoms in total. The van der Waals surface area contributed by atoms with Crippen molar-refractivity contribution in [3.63, 3.8) is 0 Å². The zero-order valence-electron chi connectivity index (χ0n) is 8.64. The van der Waals surface area contributed by atoms with Gasteiger partial charge in [0.05, 0.1) is 0 Å². The maximum absolute atomic E-state index is 5.61. The van der Waals surface area contributed by atoms with Crippen LogP contribution in [0.4, 0.5) is 0 Å². The Morgan fingerprint density at radius 1 is 1.50 bits per heavy atom. The minimum Gasteiger partial charge on any atom is -0.330 e. The van der Waals surface area contributed by atoms with Crippen LogP contribution in [0.1, 0.15) is 26.7 Å². The molecule has 1 heterocycles. The van der Waals surface area contributed by atoms with Gasteiger partial charge in [-0.3, -0.25) is 0 Å². The average molecular weight is 170 g/mol. The lowest BCUT2D eigenvalue weighted by molar-refractivity contribution is 0.0719. The number of likely N-dealkylation sites (tertiary alicyclic amines) is 1. The second kappa shape index (κ2) is 3.75. The Kier molecular flexibility index (Phi) is 3.13. The van der Waals surface area contributed by atoms with Crippen LogP contribution in [0.15, 0.2) is 0 Å². The Labute approximate surface area is 76.1 Å². The van der Waals surface area contributed by atoms with Crippen molar-refractivity contribution in [1.82, 2.24) is 4.90 Å². The number of hydrogen-bond donors (Lipinski definition) is 1. The zero-order chi connectivity index (χ0) is 9.19. The van der Waals surface area contributed by atoms with E-state index in [1.807, 2.05) is 0 Å². The third-order valence-electron chi connectivity index (χ3n) is 3.29. The predicted octanol–water partition coefficient (Wildman–Crippen LogP) is 1.31. The second-order valence-electron chi connectivity index (χ2n) is 4.78. The average Bonchev–Trinajstić information content (AvgIpc) is 1.98. The lowest BCUT2D eigenvalue weighted by Gasteiger charge is -2.42. The molecule has 0 amide bonds. The van der Waals surface area contributed by atoms with E-state index in [2.05, 4.69) is 25.8 Å². The van der Waals surface area contributed by atoms with E-state index in [1.54, 1.807) is 0 Å². The fourth-order valence-corrected chi connectivity index (χ4v) is 2.08. The van der Waals surface area contributed by atoms with Crippen molar-refractivity contribution >= 4 is 0 Å². The van der Waals surface area contributed by atoms with Crippen LogP contribution in [-0.2, 0) is 0 Å². The maximum Gasteiger partial charge on any atom is 0.00122 e. The molecule has 12 heavy (non-hydrogen) atoms. The first-order valence-electron chi connectivity index (χ1n) is 4.95. The van der Waals surface area contributed by atoms with Crippen LogP contribution < -0.4 is 5.73 Å². The number of piperidine rings is 1. The van der Waals surface area contributed by atoms with Gasteiger partial charge in [-0.2, -0.15) is 0 Å². The highest BCUT2D eigenvalue weighted by Gasteiger charge is 2.33. The van der Waals surface area contributed by atoms with Gasteiger partial charge in [-0.25, -0.2) is 0 Å². The van der Waals surface area contributed by atoms with Gasteiger partial charge in [-0.05, 0) is 44.3 Å². The first-order chi connectivity index (χ1) is 5.56. The van der Waals surface area contributed by atoms with Crippen molar-refractivity contribution < 1.29 is 0 Å². The molecule has 2 N–H and O–H groups in total. The van der Waals surface area contributed by atoms with Gasteiger partial charge in [0.15, 0.2) is 0 Å². The van der Waals surface area contributed by atoms with Gasteiger partial charge in [0.1, 0.15) is 0 Å². The summed E-state index contributed by atoms with van der Waals surface area (Å²) in [5.41, 5.74) is 6.11. The van der Waals surface area contributed by atoms with Crippen molar-refractivity contribution in [2.75, 3.05) is 26.7 Å². The lowest BCUT2D eigenvalue weighted by atomic mass is 9.72. The molecule has 72 valence electrons. The SMILES string of the molecule is CN1CCC(C)(C)C(CCN)C1. The molecule has 1 rings (SSSR count). The maximum atomic E-state index is 5.61. The highest BCUT2D eigenvalue weighted by molar-refractivity contribution is 4.85. The number of nitrogens with two attached hydrogens (primary N) is 1. The molecule has 0 aromatic rings. The molecule has 0 spiro atoms. The van der Waals surface area contributed by atoms with Crippen LogP contribution in [0.2, 0.25) is 0 Å². The van der Waals surface area contributed by atoms with Crippen LogP contribution in [0.5, 0.6) is 0 Å². The summed E-state index contributed by atoms with van der Waals surface area (Å²) in [6, 6.07) is 0. The fraction of sp³-hybridized carbons (Fsp3) is 1.00. The van der Waals surface area contributed by atoms with Crippen molar-refractivity contribution in [3.05, 3.63) is 0 Å². The molecule has 1 aliphatic rings. The highest BCUT2D eigenvalue weighted by Crippen LogP contribution is 2.36. The molecule has 0 bridgehead atoms. The normalized spacial score (nSPS) is 30.5. The van der Waals surface area contributed by atoms with Gasteiger partial charge < -0.3 is 10.6 Å². The van der Waals surface area contributed by atoms with Crippen molar-refractivity contribution in [1.29, 1.82) is 0 Å². The molecule has 0 radical (unpaired) electrons. The van der Waals surface area contributed by atoms with Gasteiger partial charge in [0.2, 0.25) is 0 Å². The van der Waals surface area contributed by atoms with Gasteiger partial charge in [0.25, 0.3) is 0 Å². The molecule has 2 heteroatoms. The molecule has 0 saturated carbocycles. The van der Waals surface area contributed by atoms with Gasteiger partial charge in [-0.15, -0.1) is 0 Å². The van der Waals surface area contributed by atoms with E-state index in [1.165, 1.54) is 25.9 Å². The monoisotopic (exact) mass is 170 g/mol. The predicted molar refractivity (Wildman–Crippen MR) is 53.1 cm³/mol. The summed E-state index contributed by atoms with van der Waals surface area (Å²) in [6.07, 6.45) is 2.49. The molecule has 0 aromatic carbocycles. The van der Waals surface area contributed by atoms with Crippen LogP contribution in [-0.4, -0.2) is 31.6 Å². The van der Waals surface area contributed by atoms with E-state index in [0.717, 1.165) is 12.5 Å². The van der Waals surface area contributed by atoms with E-state index in [0.29, 0.717) is 5.41 Å². The van der Waals surface area contributed by atoms with Crippen LogP contribution >= 0.6 is 0 Å². The summed E-state index contributed by atoms with van der Waals surface area (Å²) < 4.78 is 0. The molecule has 0 aliphatic carbocycles. The Hall–Kier alpha value is -0.0800. The Morgan fingerprint density at radius 3 is 2.75 bits per heavy atom. The Morgan fingerprint density at radius 2 is 2.17 bits per heavy atom. The van der Waals surface area contributed by atoms with E-state index in [-0.39, 0.29) is 0 Å². The highest BCUT2D eigenvalue weighted by atomic mass is 15.1. The number of nitrogens with zero attached hydrogens (tertiary/aromatic N) is 1. The third kappa shape index (κ3) is 2.20. The largest absolute Gasteiger partial charge is 0.330 e. The van der Waals surface area contributed by atoms with E-state index in [9.17, 15) is 0 Å². The van der Waals surface area contributed by atoms with E-state index < -0.39 is 0 Å². The minimum absolute atomic E-state index is 0.506. The molecule has 1 fully saturated rings. The Bertz CT molecular complexity index is 143. The first-order valence-corrected chi connectivity index (χ1v) is 4.95. The zero-order valence-corrected chi connectivity index (χ0v) is 8.64. The quantitative estimate of drug-likeness (QED) is 0.677. The molecular formula is C10H22N2. The van der Waals surface area contributed by atoms with Gasteiger partial charge in [0, 0.05) is 6.54 Å². The second-order valence-corrected chi connectivity index (χ2v) is 4.78. The molecule has 1 atom stereocenters. The number of hydrogen-bond acceptors (Lipinski definition) is 2. The topological polar surface area (TPSA) is 29.3 Å². The smallest absolute Gasteiger partial charge is 0.00122 e. The van der Waals surface area contributed by atoms with E-state index >= 15 is 0 Å². The minimum atomic E-state index is 0.506. The molecular weight excluding hydrogens is 148 g/mol. The van der Waals surface area contributed by atoms with Crippen LogP contribution in [0, 0.1) is 11.3 Å². The molecule has 1 aliphatic heterocycles. The standard InChI is InChI=1S/C10H22N2/c1-10(2)5-7-12(3)8-9(10)4-6-11/h9H,4-8,11H2,1-3H3. The molecule has 0 aromatic heterocycles. The van der Waals surface area contributed by atoms with Gasteiger partial charge >= 0.3 is 0 Å². The van der Waals surface area contributed by atoms with Crippen molar-refractivity contribution in [2.24, 2.45) is 17.1 Å². The molecule has 1 unspecified atom stereocenters. The third-order valence-corrected chi connectivity index (χ3v) is 3.29. The van der Waals surface area contributed by atoms with Crippen LogP contribution in [0.25, 0.3) is 0 Å². The molecule has 1 saturated heterocycles. The fourth-order valence-electron chi connectivity index (χ4n) is 2.08. The summed E-state index contributed by atoms with van der Waals surface area (Å²) >= 11 is 0. The lowest BCUT2D eigenvalue weighted by Crippen LogP contribution is -2.43. The Balaban J connectivity index is 2.52.